The molecule has 0 saturated heterocycles. The number of alkyl halides is 6. The zero-order chi connectivity index (χ0) is 31.6. The van der Waals surface area contributed by atoms with E-state index in [9.17, 15) is 35.9 Å². The standard InChI is InChI=1S/C26H24Cl3F6N3O4/c1-13(2)41-23(40)38(36-22(39)5-4-6-25(30,31)32)21-11-18(14(3)7-19(21)29)20-12-24(42-37-20,26(33,34)35)15-8-16(27)10-17(28)9-15/h7-11,13H,4-6,12H2,1-3H3,(H,36,39). The van der Waals surface area contributed by atoms with Gasteiger partial charge in [0.2, 0.25) is 5.91 Å². The summed E-state index contributed by atoms with van der Waals surface area (Å²) in [6, 6.07) is 5.86. The molecule has 16 heteroatoms. The van der Waals surface area contributed by atoms with Gasteiger partial charge >= 0.3 is 18.4 Å². The molecule has 0 aliphatic carbocycles. The number of hydrazine groups is 1. The van der Waals surface area contributed by atoms with Crippen molar-refractivity contribution in [3.05, 3.63) is 62.1 Å². The SMILES string of the molecule is Cc1cc(Cl)c(N(NC(=O)CCCC(F)(F)F)C(=O)OC(C)C)cc1C1=NOC(c2cc(Cl)cc(Cl)c2)(C(F)(F)F)C1. The molecule has 1 unspecified atom stereocenters. The monoisotopic (exact) mass is 661 g/mol. The van der Waals surface area contributed by atoms with Gasteiger partial charge in [-0.2, -0.15) is 31.4 Å². The minimum atomic E-state index is -4.98. The Bertz CT molecular complexity index is 1360. The van der Waals surface area contributed by atoms with Crippen molar-refractivity contribution < 1.29 is 45.5 Å². The van der Waals surface area contributed by atoms with Crippen LogP contribution in [0.25, 0.3) is 0 Å². The Morgan fingerprint density at radius 1 is 1.07 bits per heavy atom. The van der Waals surface area contributed by atoms with Crippen LogP contribution in [0.4, 0.5) is 36.8 Å². The van der Waals surface area contributed by atoms with Gasteiger partial charge in [-0.05, 0) is 63.1 Å². The van der Waals surface area contributed by atoms with Crippen LogP contribution in [0.2, 0.25) is 15.1 Å². The molecule has 0 spiro atoms. The predicted molar refractivity (Wildman–Crippen MR) is 145 cm³/mol. The number of halogens is 9. The minimum Gasteiger partial charge on any atom is -0.445 e. The number of hydrogen-bond donors (Lipinski definition) is 1. The highest BCUT2D eigenvalue weighted by Gasteiger charge is 2.62. The van der Waals surface area contributed by atoms with Gasteiger partial charge in [-0.1, -0.05) is 40.0 Å². The second-order valence-electron chi connectivity index (χ2n) is 9.68. The van der Waals surface area contributed by atoms with E-state index in [-0.39, 0.29) is 32.0 Å². The summed E-state index contributed by atoms with van der Waals surface area (Å²) in [7, 11) is 0. The lowest BCUT2D eigenvalue weighted by Gasteiger charge is -2.30. The third kappa shape index (κ3) is 7.93. The third-order valence-electron chi connectivity index (χ3n) is 5.98. The number of benzene rings is 2. The van der Waals surface area contributed by atoms with Crippen LogP contribution in [-0.2, 0) is 20.0 Å². The summed E-state index contributed by atoms with van der Waals surface area (Å²) >= 11 is 18.3. The van der Waals surface area contributed by atoms with Crippen LogP contribution in [0.15, 0.2) is 35.5 Å². The van der Waals surface area contributed by atoms with Crippen LogP contribution in [0.5, 0.6) is 0 Å². The zero-order valence-electron chi connectivity index (χ0n) is 22.2. The lowest BCUT2D eigenvalue weighted by atomic mass is 9.85. The Labute approximate surface area is 251 Å². The van der Waals surface area contributed by atoms with Gasteiger partial charge in [0.25, 0.3) is 5.60 Å². The number of carbonyl (C=O) groups is 2. The quantitative estimate of drug-likeness (QED) is 0.238. The highest BCUT2D eigenvalue weighted by Crippen LogP contribution is 2.50. The van der Waals surface area contributed by atoms with E-state index in [0.29, 0.717) is 10.6 Å². The molecule has 1 aliphatic heterocycles. The number of anilines is 1. The summed E-state index contributed by atoms with van der Waals surface area (Å²) < 4.78 is 86.2. The molecular weight excluding hydrogens is 639 g/mol. The fourth-order valence-corrected chi connectivity index (χ4v) is 4.90. The van der Waals surface area contributed by atoms with Crippen molar-refractivity contribution in [2.24, 2.45) is 5.16 Å². The first-order valence-corrected chi connectivity index (χ1v) is 13.4. The van der Waals surface area contributed by atoms with Gasteiger partial charge in [0, 0.05) is 40.4 Å². The van der Waals surface area contributed by atoms with Gasteiger partial charge < -0.3 is 9.57 Å². The van der Waals surface area contributed by atoms with Crippen LogP contribution in [0.1, 0.15) is 56.2 Å². The maximum atomic E-state index is 14.5. The Balaban J connectivity index is 2.00. The predicted octanol–water partition coefficient (Wildman–Crippen LogP) is 8.65. The molecule has 2 aromatic rings. The topological polar surface area (TPSA) is 80.2 Å². The molecule has 0 fully saturated rings. The minimum absolute atomic E-state index is 0.0617. The van der Waals surface area contributed by atoms with E-state index in [1.165, 1.54) is 39.0 Å². The Morgan fingerprint density at radius 3 is 2.24 bits per heavy atom. The molecule has 0 aromatic heterocycles. The van der Waals surface area contributed by atoms with Crippen LogP contribution >= 0.6 is 34.8 Å². The van der Waals surface area contributed by atoms with Crippen LogP contribution in [0.3, 0.4) is 0 Å². The van der Waals surface area contributed by atoms with Crippen LogP contribution < -0.4 is 10.4 Å². The number of carbonyl (C=O) groups excluding carboxylic acids is 2. The van der Waals surface area contributed by atoms with Crippen molar-refractivity contribution in [3.8, 4) is 0 Å². The van der Waals surface area contributed by atoms with E-state index >= 15 is 0 Å². The summed E-state index contributed by atoms with van der Waals surface area (Å²) in [5.74, 6) is -0.964. The molecule has 3 rings (SSSR count). The van der Waals surface area contributed by atoms with Gasteiger partial charge in [0.1, 0.15) is 0 Å². The fraction of sp³-hybridized carbons (Fsp3) is 0.423. The zero-order valence-corrected chi connectivity index (χ0v) is 24.5. The molecule has 1 atom stereocenters. The number of aryl methyl sites for hydroxylation is 1. The summed E-state index contributed by atoms with van der Waals surface area (Å²) in [4.78, 5) is 30.4. The Hall–Kier alpha value is -2.90. The average molecular weight is 663 g/mol. The summed E-state index contributed by atoms with van der Waals surface area (Å²) in [6.45, 7) is 4.53. The molecule has 42 heavy (non-hydrogen) atoms. The maximum Gasteiger partial charge on any atom is 0.435 e. The lowest BCUT2D eigenvalue weighted by molar-refractivity contribution is -0.275. The van der Waals surface area contributed by atoms with Gasteiger partial charge in [0.15, 0.2) is 0 Å². The fourth-order valence-electron chi connectivity index (χ4n) is 4.07. The third-order valence-corrected chi connectivity index (χ3v) is 6.72. The normalized spacial score (nSPS) is 17.1. The second-order valence-corrected chi connectivity index (χ2v) is 11.0. The van der Waals surface area contributed by atoms with Crippen molar-refractivity contribution in [3.63, 3.8) is 0 Å². The van der Waals surface area contributed by atoms with Crippen molar-refractivity contribution in [1.29, 1.82) is 0 Å². The van der Waals surface area contributed by atoms with Gasteiger partial charge in [0.05, 0.1) is 22.5 Å². The van der Waals surface area contributed by atoms with E-state index in [0.717, 1.165) is 12.1 Å². The van der Waals surface area contributed by atoms with Crippen molar-refractivity contribution in [2.45, 2.75) is 70.5 Å². The molecule has 0 saturated carbocycles. The number of rotatable bonds is 7. The van der Waals surface area contributed by atoms with E-state index in [2.05, 4.69) is 10.6 Å². The number of oxime groups is 1. The highest BCUT2D eigenvalue weighted by molar-refractivity contribution is 6.35. The van der Waals surface area contributed by atoms with E-state index in [4.69, 9.17) is 44.4 Å². The van der Waals surface area contributed by atoms with E-state index in [1.54, 1.807) is 0 Å². The largest absolute Gasteiger partial charge is 0.445 e. The molecule has 0 bridgehead atoms. The molecule has 230 valence electrons. The molecule has 2 aromatic carbocycles. The lowest BCUT2D eigenvalue weighted by Crippen LogP contribution is -2.47. The highest BCUT2D eigenvalue weighted by atomic mass is 35.5. The number of nitrogens with zero attached hydrogens (tertiary/aromatic N) is 2. The van der Waals surface area contributed by atoms with Gasteiger partial charge in [-0.3, -0.25) is 10.2 Å². The molecule has 1 aliphatic rings. The molecular formula is C26H24Cl3F6N3O4. The summed E-state index contributed by atoms with van der Waals surface area (Å²) in [5.41, 5.74) is -1.19. The second kappa shape index (κ2) is 12.8. The summed E-state index contributed by atoms with van der Waals surface area (Å²) in [6.07, 6.45) is -14.5. The molecule has 7 nitrogen and oxygen atoms in total. The number of nitrogens with one attached hydrogen (secondary N) is 1. The van der Waals surface area contributed by atoms with Crippen molar-refractivity contribution in [1.82, 2.24) is 5.43 Å². The number of amides is 2. The first-order chi connectivity index (χ1) is 19.3. The average Bonchev–Trinajstić information content (AvgIpc) is 3.28. The van der Waals surface area contributed by atoms with E-state index in [1.807, 2.05) is 0 Å². The van der Waals surface area contributed by atoms with Crippen LogP contribution in [0, 0.1) is 6.92 Å². The van der Waals surface area contributed by atoms with Gasteiger partial charge in [-0.25, -0.2) is 4.79 Å². The van der Waals surface area contributed by atoms with Crippen molar-refractivity contribution in [2.75, 3.05) is 5.01 Å². The number of hydrogen-bond acceptors (Lipinski definition) is 5. The molecule has 2 amide bonds. The Kier molecular flexibility index (Phi) is 10.2. The number of ether oxygens (including phenoxy) is 1. The smallest absolute Gasteiger partial charge is 0.435 e. The summed E-state index contributed by atoms with van der Waals surface area (Å²) in [5, 5.41) is 4.03. The van der Waals surface area contributed by atoms with Crippen LogP contribution in [-0.4, -0.2) is 36.2 Å². The first kappa shape index (κ1) is 33.6. The molecule has 1 heterocycles. The molecule has 0 radical (unpaired) electrons. The Morgan fingerprint density at radius 2 is 1.69 bits per heavy atom. The maximum absolute atomic E-state index is 14.5. The molecule has 1 N–H and O–H groups in total. The van der Waals surface area contributed by atoms with Gasteiger partial charge in [-0.15, -0.1) is 0 Å². The van der Waals surface area contributed by atoms with Crippen molar-refractivity contribution >= 4 is 58.2 Å². The van der Waals surface area contributed by atoms with E-state index < -0.39 is 67.3 Å². The first-order valence-electron chi connectivity index (χ1n) is 12.3.